The number of aryl methyl sites for hydroxylation is 1. The minimum Gasteiger partial charge on any atom is -0.497 e. The standard InChI is InChI=1S/C16H23NO3/c1-3-8-17-14-7-5-11-4-6-12(19-2)9-13(11)16(14)20-10-15(17)18/h4,6,9,14-16,18H,3,5,7-8,10H2,1-2H3/t14-,15?,16-/m1/s1. The molecule has 1 fully saturated rings. The van der Waals surface area contributed by atoms with E-state index in [0.717, 1.165) is 31.6 Å². The lowest BCUT2D eigenvalue weighted by molar-refractivity contribution is -0.177. The molecule has 1 heterocycles. The zero-order chi connectivity index (χ0) is 14.1. The minimum absolute atomic E-state index is 0.0591. The summed E-state index contributed by atoms with van der Waals surface area (Å²) in [6, 6.07) is 6.52. The summed E-state index contributed by atoms with van der Waals surface area (Å²) >= 11 is 0. The molecule has 0 amide bonds. The Labute approximate surface area is 120 Å². The highest BCUT2D eigenvalue weighted by Gasteiger charge is 2.40. The number of nitrogens with zero attached hydrogens (tertiary/aromatic N) is 1. The molecule has 0 saturated carbocycles. The molecule has 0 spiro atoms. The molecular weight excluding hydrogens is 254 g/mol. The van der Waals surface area contributed by atoms with Gasteiger partial charge in [0.05, 0.1) is 19.8 Å². The highest BCUT2D eigenvalue weighted by atomic mass is 16.5. The average Bonchev–Trinajstić information content (AvgIpc) is 2.49. The predicted octanol–water partition coefficient (Wildman–Crippen LogP) is 2.11. The minimum atomic E-state index is -0.469. The van der Waals surface area contributed by atoms with Crippen LogP contribution in [0.25, 0.3) is 0 Å². The fourth-order valence-electron chi connectivity index (χ4n) is 3.47. The van der Waals surface area contributed by atoms with Crippen LogP contribution in [-0.4, -0.2) is 42.5 Å². The maximum Gasteiger partial charge on any atom is 0.131 e. The molecule has 1 unspecified atom stereocenters. The SMILES string of the molecule is CCCN1C(O)CO[C@@H]2c3cc(OC)ccc3CC[C@H]21. The number of hydrogen-bond donors (Lipinski definition) is 1. The fourth-order valence-corrected chi connectivity index (χ4v) is 3.47. The van der Waals surface area contributed by atoms with Crippen LogP contribution < -0.4 is 4.74 Å². The van der Waals surface area contributed by atoms with Crippen molar-refractivity contribution in [2.45, 2.75) is 44.6 Å². The Hall–Kier alpha value is -1.10. The van der Waals surface area contributed by atoms with Gasteiger partial charge in [-0.15, -0.1) is 0 Å². The summed E-state index contributed by atoms with van der Waals surface area (Å²) in [7, 11) is 1.69. The van der Waals surface area contributed by atoms with Crippen LogP contribution in [-0.2, 0) is 11.2 Å². The molecule has 0 bridgehead atoms. The number of rotatable bonds is 3. The first-order chi connectivity index (χ1) is 9.74. The molecule has 1 aliphatic carbocycles. The fraction of sp³-hybridized carbons (Fsp3) is 0.625. The Balaban J connectivity index is 1.92. The highest BCUT2D eigenvalue weighted by Crippen LogP contribution is 2.40. The van der Waals surface area contributed by atoms with Crippen molar-refractivity contribution in [3.63, 3.8) is 0 Å². The lowest BCUT2D eigenvalue weighted by atomic mass is 9.83. The summed E-state index contributed by atoms with van der Waals surface area (Å²) in [6.45, 7) is 3.46. The predicted molar refractivity (Wildman–Crippen MR) is 76.8 cm³/mol. The third-order valence-corrected chi connectivity index (χ3v) is 4.43. The lowest BCUT2D eigenvalue weighted by Crippen LogP contribution is -2.54. The Morgan fingerprint density at radius 2 is 2.30 bits per heavy atom. The summed E-state index contributed by atoms with van der Waals surface area (Å²) in [5.41, 5.74) is 2.58. The first-order valence-electron chi connectivity index (χ1n) is 7.46. The maximum atomic E-state index is 10.2. The number of methoxy groups -OCH3 is 1. The number of hydrogen-bond acceptors (Lipinski definition) is 4. The van der Waals surface area contributed by atoms with Crippen LogP contribution in [0.15, 0.2) is 18.2 Å². The van der Waals surface area contributed by atoms with Crippen LogP contribution in [0.5, 0.6) is 5.75 Å². The monoisotopic (exact) mass is 277 g/mol. The zero-order valence-corrected chi connectivity index (χ0v) is 12.2. The van der Waals surface area contributed by atoms with E-state index in [1.165, 1.54) is 11.1 Å². The molecule has 0 radical (unpaired) electrons. The Kier molecular flexibility index (Phi) is 3.96. The molecular formula is C16H23NO3. The topological polar surface area (TPSA) is 41.9 Å². The van der Waals surface area contributed by atoms with Crippen molar-refractivity contribution in [3.05, 3.63) is 29.3 Å². The van der Waals surface area contributed by atoms with E-state index < -0.39 is 6.23 Å². The van der Waals surface area contributed by atoms with E-state index in [1.54, 1.807) is 7.11 Å². The molecule has 1 aromatic carbocycles. The van der Waals surface area contributed by atoms with Crippen molar-refractivity contribution in [1.29, 1.82) is 0 Å². The third-order valence-electron chi connectivity index (χ3n) is 4.43. The Morgan fingerprint density at radius 1 is 1.45 bits per heavy atom. The average molecular weight is 277 g/mol. The van der Waals surface area contributed by atoms with Gasteiger partial charge in [-0.25, -0.2) is 0 Å². The summed E-state index contributed by atoms with van der Waals surface area (Å²) < 4.78 is 11.3. The van der Waals surface area contributed by atoms with Crippen molar-refractivity contribution in [3.8, 4) is 5.75 Å². The van der Waals surface area contributed by atoms with Gasteiger partial charge in [0.1, 0.15) is 12.0 Å². The molecule has 3 atom stereocenters. The van der Waals surface area contributed by atoms with Crippen molar-refractivity contribution in [2.75, 3.05) is 20.3 Å². The summed E-state index contributed by atoms with van der Waals surface area (Å²) in [5.74, 6) is 0.876. The lowest BCUT2D eigenvalue weighted by Gasteiger charge is -2.47. The number of ether oxygens (including phenoxy) is 2. The summed E-state index contributed by atoms with van der Waals surface area (Å²) in [6.07, 6.45) is 2.72. The smallest absolute Gasteiger partial charge is 0.131 e. The molecule has 1 aromatic rings. The van der Waals surface area contributed by atoms with Gasteiger partial charge in [-0.2, -0.15) is 0 Å². The van der Waals surface area contributed by atoms with Crippen LogP contribution in [0.4, 0.5) is 0 Å². The summed E-state index contributed by atoms with van der Waals surface area (Å²) in [4.78, 5) is 2.20. The van der Waals surface area contributed by atoms with Gasteiger partial charge < -0.3 is 14.6 Å². The van der Waals surface area contributed by atoms with Crippen LogP contribution in [0.3, 0.4) is 0 Å². The molecule has 4 nitrogen and oxygen atoms in total. The van der Waals surface area contributed by atoms with E-state index in [1.807, 2.05) is 6.07 Å². The van der Waals surface area contributed by atoms with Crippen LogP contribution in [0, 0.1) is 0 Å². The first kappa shape index (κ1) is 13.9. The van der Waals surface area contributed by atoms with E-state index in [9.17, 15) is 5.11 Å². The number of aliphatic hydroxyl groups excluding tert-OH is 1. The first-order valence-corrected chi connectivity index (χ1v) is 7.46. The van der Waals surface area contributed by atoms with Gasteiger partial charge >= 0.3 is 0 Å². The molecule has 2 aliphatic rings. The molecule has 0 aromatic heterocycles. The quantitative estimate of drug-likeness (QED) is 0.919. The second-order valence-electron chi connectivity index (χ2n) is 5.64. The Morgan fingerprint density at radius 3 is 3.05 bits per heavy atom. The van der Waals surface area contributed by atoms with E-state index in [4.69, 9.17) is 9.47 Å². The Bertz CT molecular complexity index is 477. The molecule has 4 heteroatoms. The van der Waals surface area contributed by atoms with Gasteiger partial charge in [-0.1, -0.05) is 13.0 Å². The maximum absolute atomic E-state index is 10.2. The molecule has 1 aliphatic heterocycles. The van der Waals surface area contributed by atoms with Crippen molar-refractivity contribution >= 4 is 0 Å². The molecule has 110 valence electrons. The van der Waals surface area contributed by atoms with Crippen molar-refractivity contribution < 1.29 is 14.6 Å². The summed E-state index contributed by atoms with van der Waals surface area (Å²) in [5, 5.41) is 10.2. The van der Waals surface area contributed by atoms with E-state index in [-0.39, 0.29) is 12.1 Å². The normalized spacial score (nSPS) is 29.6. The molecule has 20 heavy (non-hydrogen) atoms. The zero-order valence-electron chi connectivity index (χ0n) is 12.2. The van der Waals surface area contributed by atoms with Gasteiger partial charge in [-0.3, -0.25) is 4.90 Å². The second kappa shape index (κ2) is 5.72. The molecule has 1 saturated heterocycles. The molecule has 1 N–H and O–H groups in total. The van der Waals surface area contributed by atoms with E-state index >= 15 is 0 Å². The van der Waals surface area contributed by atoms with Crippen molar-refractivity contribution in [2.24, 2.45) is 0 Å². The van der Waals surface area contributed by atoms with Crippen LogP contribution >= 0.6 is 0 Å². The van der Waals surface area contributed by atoms with Crippen LogP contribution in [0.2, 0.25) is 0 Å². The molecule has 3 rings (SSSR count). The van der Waals surface area contributed by atoms with Gasteiger partial charge in [0, 0.05) is 12.6 Å². The number of morpholine rings is 1. The largest absolute Gasteiger partial charge is 0.497 e. The van der Waals surface area contributed by atoms with Gasteiger partial charge in [-0.05, 0) is 42.5 Å². The second-order valence-corrected chi connectivity index (χ2v) is 5.64. The van der Waals surface area contributed by atoms with E-state index in [2.05, 4.69) is 24.0 Å². The van der Waals surface area contributed by atoms with Crippen molar-refractivity contribution in [1.82, 2.24) is 4.90 Å². The van der Waals surface area contributed by atoms with E-state index in [0.29, 0.717) is 6.61 Å². The van der Waals surface area contributed by atoms with Gasteiger partial charge in [0.15, 0.2) is 0 Å². The van der Waals surface area contributed by atoms with Gasteiger partial charge in [0.2, 0.25) is 0 Å². The van der Waals surface area contributed by atoms with Crippen LogP contribution in [0.1, 0.15) is 37.0 Å². The number of aliphatic hydroxyl groups is 1. The van der Waals surface area contributed by atoms with Gasteiger partial charge in [0.25, 0.3) is 0 Å². The number of fused-ring (bicyclic) bond motifs is 3. The highest BCUT2D eigenvalue weighted by molar-refractivity contribution is 5.40. The third kappa shape index (κ3) is 2.32. The number of benzene rings is 1.